The quantitative estimate of drug-likeness (QED) is 0.250. The van der Waals surface area contributed by atoms with Crippen LogP contribution in [0, 0.1) is 17.0 Å². The molecule has 1 atom stereocenters. The van der Waals surface area contributed by atoms with E-state index in [9.17, 15) is 19.7 Å². The SMILES string of the molecule is Cc1cc([N+](=O)[O-])ccc1NC(=O)CC1CSc2nc3c(cnn3-c3cccc(Cl)c3)c(=O)n21. The summed E-state index contributed by atoms with van der Waals surface area (Å²) in [6.07, 6.45) is 1.53. The number of nitrogens with one attached hydrogen (secondary N) is 1. The molecule has 172 valence electrons. The number of carbonyl (C=O) groups excluding carboxylic acids is 1. The molecule has 0 bridgehead atoms. The van der Waals surface area contributed by atoms with Gasteiger partial charge in [-0.2, -0.15) is 5.10 Å². The maximum Gasteiger partial charge on any atom is 0.269 e. The van der Waals surface area contributed by atoms with Gasteiger partial charge in [0.1, 0.15) is 5.39 Å². The van der Waals surface area contributed by atoms with Crippen molar-refractivity contribution in [1.82, 2.24) is 19.3 Å². The van der Waals surface area contributed by atoms with Crippen molar-refractivity contribution in [1.29, 1.82) is 0 Å². The van der Waals surface area contributed by atoms with E-state index in [1.807, 2.05) is 6.07 Å². The van der Waals surface area contributed by atoms with Crippen LogP contribution < -0.4 is 10.9 Å². The third kappa shape index (κ3) is 3.93. The number of halogens is 1. The van der Waals surface area contributed by atoms with Crippen LogP contribution in [-0.4, -0.2) is 35.9 Å². The summed E-state index contributed by atoms with van der Waals surface area (Å²) in [5.74, 6) is 0.226. The molecule has 10 nitrogen and oxygen atoms in total. The average molecular weight is 497 g/mol. The lowest BCUT2D eigenvalue weighted by Crippen LogP contribution is -2.27. The van der Waals surface area contributed by atoms with Crippen LogP contribution in [0.15, 0.2) is 58.6 Å². The molecule has 0 fully saturated rings. The fourth-order valence-corrected chi connectivity index (χ4v) is 5.21. The number of hydrogen-bond acceptors (Lipinski definition) is 7. The lowest BCUT2D eigenvalue weighted by Gasteiger charge is -2.14. The predicted molar refractivity (Wildman–Crippen MR) is 129 cm³/mol. The summed E-state index contributed by atoms with van der Waals surface area (Å²) in [6.45, 7) is 1.69. The summed E-state index contributed by atoms with van der Waals surface area (Å²) in [5, 5.41) is 19.4. The Morgan fingerprint density at radius 1 is 1.32 bits per heavy atom. The van der Waals surface area contributed by atoms with Gasteiger partial charge in [0.15, 0.2) is 10.8 Å². The molecule has 0 radical (unpaired) electrons. The van der Waals surface area contributed by atoms with Gasteiger partial charge in [0, 0.05) is 35.0 Å². The summed E-state index contributed by atoms with van der Waals surface area (Å²) in [5.41, 5.74) is 1.89. The first kappa shape index (κ1) is 22.1. The molecule has 1 aliphatic heterocycles. The minimum Gasteiger partial charge on any atom is -0.326 e. The molecule has 0 saturated carbocycles. The number of fused-ring (bicyclic) bond motifs is 2. The van der Waals surface area contributed by atoms with E-state index in [0.717, 1.165) is 0 Å². The van der Waals surface area contributed by atoms with E-state index < -0.39 is 4.92 Å². The third-order valence-electron chi connectivity index (χ3n) is 5.54. The Morgan fingerprint density at radius 2 is 2.15 bits per heavy atom. The number of amides is 1. The highest BCUT2D eigenvalue weighted by Gasteiger charge is 2.30. The van der Waals surface area contributed by atoms with E-state index in [0.29, 0.717) is 43.9 Å². The van der Waals surface area contributed by atoms with Crippen LogP contribution in [0.5, 0.6) is 0 Å². The Balaban J connectivity index is 1.41. The zero-order chi connectivity index (χ0) is 24.0. The highest BCUT2D eigenvalue weighted by molar-refractivity contribution is 7.99. The van der Waals surface area contributed by atoms with E-state index in [4.69, 9.17) is 11.6 Å². The number of aromatic nitrogens is 4. The molecule has 1 amide bonds. The van der Waals surface area contributed by atoms with Crippen molar-refractivity contribution in [2.24, 2.45) is 0 Å². The molecule has 34 heavy (non-hydrogen) atoms. The number of rotatable bonds is 5. The van der Waals surface area contributed by atoms with E-state index in [1.165, 1.54) is 36.2 Å². The normalized spacial score (nSPS) is 14.8. The number of non-ortho nitro benzene ring substituents is 1. The van der Waals surface area contributed by atoms with Crippen LogP contribution in [0.3, 0.4) is 0 Å². The fourth-order valence-electron chi connectivity index (χ4n) is 3.89. The van der Waals surface area contributed by atoms with Crippen molar-refractivity contribution < 1.29 is 9.72 Å². The van der Waals surface area contributed by atoms with Crippen LogP contribution in [0.2, 0.25) is 5.02 Å². The molecule has 1 aliphatic rings. The molecular weight excluding hydrogens is 480 g/mol. The first-order valence-electron chi connectivity index (χ1n) is 10.3. The first-order valence-corrected chi connectivity index (χ1v) is 11.6. The summed E-state index contributed by atoms with van der Waals surface area (Å²) in [4.78, 5) is 41.1. The van der Waals surface area contributed by atoms with Gasteiger partial charge in [-0.15, -0.1) is 0 Å². The number of anilines is 1. The van der Waals surface area contributed by atoms with E-state index >= 15 is 0 Å². The Hall–Kier alpha value is -3.70. The van der Waals surface area contributed by atoms with E-state index in [-0.39, 0.29) is 29.6 Å². The summed E-state index contributed by atoms with van der Waals surface area (Å²) >= 11 is 7.50. The number of nitro groups is 1. The van der Waals surface area contributed by atoms with Gasteiger partial charge >= 0.3 is 0 Å². The molecule has 1 unspecified atom stereocenters. The van der Waals surface area contributed by atoms with Gasteiger partial charge in [0.2, 0.25) is 5.91 Å². The van der Waals surface area contributed by atoms with Crippen molar-refractivity contribution in [3.05, 3.63) is 79.7 Å². The maximum absolute atomic E-state index is 13.3. The number of benzene rings is 2. The zero-order valence-corrected chi connectivity index (χ0v) is 19.3. The number of hydrogen-bond donors (Lipinski definition) is 1. The molecule has 5 rings (SSSR count). The number of aryl methyl sites for hydroxylation is 1. The maximum atomic E-state index is 13.3. The molecule has 0 saturated heterocycles. The lowest BCUT2D eigenvalue weighted by molar-refractivity contribution is -0.384. The van der Waals surface area contributed by atoms with Crippen LogP contribution in [0.1, 0.15) is 18.0 Å². The topological polar surface area (TPSA) is 125 Å². The van der Waals surface area contributed by atoms with Gasteiger partial charge in [0.05, 0.1) is 22.8 Å². The van der Waals surface area contributed by atoms with Crippen LogP contribution in [0.25, 0.3) is 16.7 Å². The minimum atomic E-state index is -0.486. The van der Waals surface area contributed by atoms with Gasteiger partial charge in [-0.05, 0) is 36.8 Å². The smallest absolute Gasteiger partial charge is 0.269 e. The minimum absolute atomic E-state index is 0.0448. The van der Waals surface area contributed by atoms with E-state index in [1.54, 1.807) is 34.4 Å². The van der Waals surface area contributed by atoms with Crippen molar-refractivity contribution in [3.8, 4) is 5.69 Å². The Labute approximate surface area is 201 Å². The molecular formula is C22H17ClN6O4S. The van der Waals surface area contributed by atoms with Crippen molar-refractivity contribution in [2.75, 3.05) is 11.1 Å². The number of nitro benzene ring substituents is 1. The van der Waals surface area contributed by atoms with Crippen molar-refractivity contribution >= 4 is 51.7 Å². The van der Waals surface area contributed by atoms with Crippen LogP contribution in [0.4, 0.5) is 11.4 Å². The zero-order valence-electron chi connectivity index (χ0n) is 17.8. The molecule has 4 aromatic rings. The summed E-state index contributed by atoms with van der Waals surface area (Å²) < 4.78 is 3.11. The highest BCUT2D eigenvalue weighted by atomic mass is 35.5. The second-order valence-electron chi connectivity index (χ2n) is 7.82. The number of nitrogens with zero attached hydrogens (tertiary/aromatic N) is 5. The Kier molecular flexibility index (Phi) is 5.58. The second-order valence-corrected chi connectivity index (χ2v) is 9.24. The summed E-state index contributed by atoms with van der Waals surface area (Å²) in [7, 11) is 0. The molecule has 1 N–H and O–H groups in total. The van der Waals surface area contributed by atoms with Gasteiger partial charge < -0.3 is 5.32 Å². The van der Waals surface area contributed by atoms with Crippen LogP contribution >= 0.6 is 23.4 Å². The van der Waals surface area contributed by atoms with Gasteiger partial charge in [0.25, 0.3) is 11.2 Å². The Morgan fingerprint density at radius 3 is 2.88 bits per heavy atom. The fraction of sp³-hybridized carbons (Fsp3) is 0.182. The molecule has 2 aromatic carbocycles. The van der Waals surface area contributed by atoms with Gasteiger partial charge in [-0.3, -0.25) is 24.3 Å². The van der Waals surface area contributed by atoms with Gasteiger partial charge in [-0.1, -0.05) is 29.4 Å². The molecule has 12 heteroatoms. The van der Waals surface area contributed by atoms with Crippen molar-refractivity contribution in [3.63, 3.8) is 0 Å². The Bertz CT molecular complexity index is 1530. The largest absolute Gasteiger partial charge is 0.326 e. The monoisotopic (exact) mass is 496 g/mol. The molecule has 2 aromatic heterocycles. The molecule has 3 heterocycles. The standard InChI is InChI=1S/C22H17ClN6O4S/c1-12-7-15(29(32)33)5-6-18(12)25-19(30)9-16-11-34-22-26-20-17(21(31)27(16)22)10-24-28(20)14-4-2-3-13(23)8-14/h2-8,10,16H,9,11H2,1H3,(H,25,30). The number of thioether (sulfide) groups is 1. The second kappa shape index (κ2) is 8.58. The molecule has 0 spiro atoms. The highest BCUT2D eigenvalue weighted by Crippen LogP contribution is 2.34. The molecule has 0 aliphatic carbocycles. The van der Waals surface area contributed by atoms with Crippen molar-refractivity contribution in [2.45, 2.75) is 24.5 Å². The summed E-state index contributed by atoms with van der Waals surface area (Å²) in [6, 6.07) is 11.0. The average Bonchev–Trinajstić information content (AvgIpc) is 3.40. The lowest BCUT2D eigenvalue weighted by atomic mass is 10.1. The number of carbonyl (C=O) groups is 1. The van der Waals surface area contributed by atoms with Gasteiger partial charge in [-0.25, -0.2) is 9.67 Å². The third-order valence-corrected chi connectivity index (χ3v) is 6.87. The predicted octanol–water partition coefficient (Wildman–Crippen LogP) is 4.13. The van der Waals surface area contributed by atoms with Crippen LogP contribution in [-0.2, 0) is 4.79 Å². The van der Waals surface area contributed by atoms with E-state index in [2.05, 4.69) is 15.4 Å². The first-order chi connectivity index (χ1) is 16.3.